The summed E-state index contributed by atoms with van der Waals surface area (Å²) in [6.45, 7) is 7.61. The van der Waals surface area contributed by atoms with Gasteiger partial charge in [-0.3, -0.25) is 38.4 Å². The Kier molecular flexibility index (Phi) is 15.5. The molecule has 2 fully saturated rings. The summed E-state index contributed by atoms with van der Waals surface area (Å²) in [7, 11) is 0. The van der Waals surface area contributed by atoms with Gasteiger partial charge in [-0.15, -0.1) is 0 Å². The lowest BCUT2D eigenvalue weighted by atomic mass is 9.97. The molecule has 0 aliphatic carbocycles. The van der Waals surface area contributed by atoms with Gasteiger partial charge in [0.05, 0.1) is 0 Å². The Bertz CT molecular complexity index is 1130. The van der Waals surface area contributed by atoms with Crippen LogP contribution in [-0.2, 0) is 85.7 Å². The van der Waals surface area contributed by atoms with E-state index in [0.717, 1.165) is 55.4 Å². The van der Waals surface area contributed by atoms with E-state index in [-0.39, 0.29) is 0 Å². The van der Waals surface area contributed by atoms with E-state index in [1.807, 2.05) is 0 Å². The number of nitrogens with one attached hydrogen (secondary N) is 1. The van der Waals surface area contributed by atoms with Crippen molar-refractivity contribution in [2.45, 2.75) is 116 Å². The molecule has 2 saturated heterocycles. The van der Waals surface area contributed by atoms with Crippen molar-refractivity contribution < 1.29 is 85.7 Å². The van der Waals surface area contributed by atoms with Crippen LogP contribution in [0.5, 0.6) is 0 Å². The van der Waals surface area contributed by atoms with Crippen LogP contribution in [0.25, 0.3) is 0 Å². The van der Waals surface area contributed by atoms with Gasteiger partial charge in [0.25, 0.3) is 0 Å². The lowest BCUT2D eigenvalue weighted by Crippen LogP contribution is -2.65. The summed E-state index contributed by atoms with van der Waals surface area (Å²) in [6.07, 6.45) is -12.8. The van der Waals surface area contributed by atoms with Gasteiger partial charge in [-0.1, -0.05) is 0 Å². The van der Waals surface area contributed by atoms with Gasteiger partial charge in [0.1, 0.15) is 25.4 Å². The van der Waals surface area contributed by atoms with E-state index in [4.69, 9.17) is 47.4 Å². The Labute approximate surface area is 279 Å². The van der Waals surface area contributed by atoms with Crippen LogP contribution in [-0.4, -0.2) is 121 Å². The van der Waals surface area contributed by atoms with Crippen molar-refractivity contribution in [2.75, 3.05) is 13.2 Å². The summed E-state index contributed by atoms with van der Waals surface area (Å²) in [5, 5.41) is 0. The number of hydrogen-bond donors (Lipinski definition) is 1. The topological polar surface area (TPSA) is 241 Å². The van der Waals surface area contributed by atoms with Gasteiger partial charge in [0.2, 0.25) is 0 Å². The zero-order valence-corrected chi connectivity index (χ0v) is 28.3. The molecule has 2 heterocycles. The van der Waals surface area contributed by atoms with Crippen LogP contribution in [0.3, 0.4) is 0 Å². The van der Waals surface area contributed by atoms with E-state index in [2.05, 4.69) is 4.72 Å². The predicted molar refractivity (Wildman–Crippen MR) is 155 cm³/mol. The summed E-state index contributed by atoms with van der Waals surface area (Å²) < 4.78 is 57.4. The monoisotopic (exact) mass is 709 g/mol. The van der Waals surface area contributed by atoms with Gasteiger partial charge in [-0.25, -0.2) is 4.72 Å². The molecule has 270 valence electrons. The van der Waals surface area contributed by atoms with Gasteiger partial charge in [-0.05, 0) is 11.9 Å². The first-order chi connectivity index (χ1) is 22.4. The van der Waals surface area contributed by atoms with Crippen molar-refractivity contribution in [2.24, 2.45) is 0 Å². The average Bonchev–Trinajstić information content (AvgIpc) is 2.93. The van der Waals surface area contributed by atoms with Gasteiger partial charge < -0.3 is 47.4 Å². The molecule has 10 atom stereocenters. The molecule has 0 amide bonds. The molecule has 1 N–H and O–H groups in total. The quantitative estimate of drug-likeness (QED) is 0.142. The molecule has 0 aromatic rings. The van der Waals surface area contributed by atoms with Crippen molar-refractivity contribution in [3.8, 4) is 0 Å². The molecule has 2 rings (SSSR count). The molecule has 0 aromatic carbocycles. The third-order valence-corrected chi connectivity index (χ3v) is 7.22. The molecular formula is C28H39NO18S. The fourth-order valence-corrected chi connectivity index (χ4v) is 5.74. The minimum Gasteiger partial charge on any atom is -0.463 e. The molecule has 0 radical (unpaired) electrons. The van der Waals surface area contributed by atoms with E-state index >= 15 is 0 Å². The number of ether oxygens (including phenoxy) is 10. The van der Waals surface area contributed by atoms with Crippen LogP contribution in [0.1, 0.15) is 55.4 Å². The van der Waals surface area contributed by atoms with E-state index < -0.39 is 121 Å². The Morgan fingerprint density at radius 2 is 0.792 bits per heavy atom. The fourth-order valence-electron chi connectivity index (χ4n) is 4.74. The molecule has 0 unspecified atom stereocenters. The average molecular weight is 710 g/mol. The van der Waals surface area contributed by atoms with Gasteiger partial charge in [0.15, 0.2) is 48.3 Å². The number of esters is 8. The van der Waals surface area contributed by atoms with Gasteiger partial charge >= 0.3 is 47.8 Å². The number of carbonyl (C=O) groups is 8. The van der Waals surface area contributed by atoms with E-state index in [1.54, 1.807) is 0 Å². The highest BCUT2D eigenvalue weighted by atomic mass is 32.2. The largest absolute Gasteiger partial charge is 0.463 e. The van der Waals surface area contributed by atoms with Crippen molar-refractivity contribution >= 4 is 59.7 Å². The van der Waals surface area contributed by atoms with Crippen LogP contribution < -0.4 is 4.72 Å². The first-order valence-corrected chi connectivity index (χ1v) is 15.3. The van der Waals surface area contributed by atoms with Crippen molar-refractivity contribution in [1.29, 1.82) is 0 Å². The molecular weight excluding hydrogens is 670 g/mol. The highest BCUT2D eigenvalue weighted by Crippen LogP contribution is 2.35. The maximum Gasteiger partial charge on any atom is 0.303 e. The number of hydrogen-bond acceptors (Lipinski definition) is 20. The molecule has 0 saturated carbocycles. The van der Waals surface area contributed by atoms with Crippen molar-refractivity contribution in [3.63, 3.8) is 0 Å². The van der Waals surface area contributed by atoms with Crippen LogP contribution in [0.15, 0.2) is 0 Å². The second-order valence-electron chi connectivity index (χ2n) is 10.4. The lowest BCUT2D eigenvalue weighted by molar-refractivity contribution is -0.254. The predicted octanol–water partition coefficient (Wildman–Crippen LogP) is -0.610. The highest BCUT2D eigenvalue weighted by molar-refractivity contribution is 7.97. The number of carbonyl (C=O) groups excluding carboxylic acids is 8. The summed E-state index contributed by atoms with van der Waals surface area (Å²) in [6, 6.07) is 0. The third kappa shape index (κ3) is 12.5. The second-order valence-corrected chi connectivity index (χ2v) is 11.4. The van der Waals surface area contributed by atoms with Crippen molar-refractivity contribution in [3.05, 3.63) is 0 Å². The first-order valence-electron chi connectivity index (χ1n) is 14.4. The van der Waals surface area contributed by atoms with Crippen LogP contribution in [0.2, 0.25) is 0 Å². The molecule has 2 aliphatic rings. The minimum absolute atomic E-state index is 0.492. The second kappa shape index (κ2) is 18.5. The minimum atomic E-state index is -1.51. The molecule has 0 aromatic heterocycles. The third-order valence-electron chi connectivity index (χ3n) is 6.24. The Hall–Kier alpha value is -4.01. The van der Waals surface area contributed by atoms with Crippen LogP contribution in [0.4, 0.5) is 0 Å². The molecule has 0 spiro atoms. The maximum atomic E-state index is 12.2. The smallest absolute Gasteiger partial charge is 0.303 e. The van der Waals surface area contributed by atoms with Crippen LogP contribution >= 0.6 is 11.9 Å². The SMILES string of the molecule is CC(=O)OC[C@H]1O[C@@H](NS[C@@H]2O[C@H](COC(C)=O)[C@@H](OC(C)=O)[C@H](OC(C)=O)[C@H]2OC(C)=O)[C@H](OC(C)=O)[C@@H](OC(C)=O)[C@@H]1OC(C)=O. The van der Waals surface area contributed by atoms with E-state index in [1.165, 1.54) is 0 Å². The Morgan fingerprint density at radius 3 is 1.19 bits per heavy atom. The summed E-state index contributed by atoms with van der Waals surface area (Å²) in [5.74, 6) is -6.49. The summed E-state index contributed by atoms with van der Waals surface area (Å²) in [5.41, 5.74) is -1.35. The molecule has 2 aliphatic heterocycles. The van der Waals surface area contributed by atoms with Crippen molar-refractivity contribution in [1.82, 2.24) is 4.72 Å². The normalized spacial score (nSPS) is 29.7. The van der Waals surface area contributed by atoms with Crippen LogP contribution in [0, 0.1) is 0 Å². The molecule has 48 heavy (non-hydrogen) atoms. The summed E-state index contributed by atoms with van der Waals surface area (Å²) in [4.78, 5) is 96.0. The zero-order valence-electron chi connectivity index (χ0n) is 27.4. The lowest BCUT2D eigenvalue weighted by Gasteiger charge is -2.46. The maximum absolute atomic E-state index is 12.2. The van der Waals surface area contributed by atoms with E-state index in [0.29, 0.717) is 11.9 Å². The molecule has 19 nitrogen and oxygen atoms in total. The van der Waals surface area contributed by atoms with Gasteiger partial charge in [-0.2, -0.15) is 0 Å². The fraction of sp³-hybridized carbons (Fsp3) is 0.714. The Balaban J connectivity index is 2.57. The molecule has 20 heteroatoms. The standard InChI is InChI=1S/C28H39NO18S/c1-11(30)38-9-19-21(40-13(3)32)23(42-15(5)34)25(44-17(7)36)27(46-19)29-48-28-26(45-18(8)37)24(43-16(6)35)22(41-14(4)33)20(47-28)10-39-12(2)31/h19-29H,9-10H2,1-8H3/t19-,20-,21-,22-,23+,24+,25-,26-,27-,28+/m1/s1. The highest BCUT2D eigenvalue weighted by Gasteiger charge is 2.55. The van der Waals surface area contributed by atoms with E-state index in [9.17, 15) is 38.4 Å². The Morgan fingerprint density at radius 1 is 0.458 bits per heavy atom. The number of rotatable bonds is 13. The first kappa shape index (κ1) is 40.2. The van der Waals surface area contributed by atoms with Gasteiger partial charge in [0, 0.05) is 55.4 Å². The molecule has 0 bridgehead atoms. The zero-order chi connectivity index (χ0) is 36.3. The summed E-state index contributed by atoms with van der Waals surface area (Å²) >= 11 is 0.643.